The van der Waals surface area contributed by atoms with E-state index in [0.29, 0.717) is 0 Å². The van der Waals surface area contributed by atoms with Gasteiger partial charge >= 0.3 is 55.0 Å². The van der Waals surface area contributed by atoms with Crippen molar-refractivity contribution in [2.24, 2.45) is 0 Å². The fraction of sp³-hybridized carbons (Fsp3) is 0. The molecule has 4 N–H and O–H groups in total. The molecule has 0 heterocycles. The van der Waals surface area contributed by atoms with Crippen LogP contribution in [0.2, 0.25) is 0 Å². The van der Waals surface area contributed by atoms with Gasteiger partial charge in [-0.25, -0.2) is 4.79 Å². The smallest absolute Gasteiger partial charge is 1.00 e. The molecule has 0 aromatic heterocycles. The maximum absolute atomic E-state index is 8.56. The summed E-state index contributed by atoms with van der Waals surface area (Å²) < 4.78 is 0. The molecule has 0 amide bonds. The van der Waals surface area contributed by atoms with E-state index in [0.717, 1.165) is 0 Å². The van der Waals surface area contributed by atoms with Crippen molar-refractivity contribution in [1.82, 2.24) is 0 Å². The van der Waals surface area contributed by atoms with E-state index < -0.39 is 6.16 Å². The molecule has 4 nitrogen and oxygen atoms in total. The number of rotatable bonds is 0. The van der Waals surface area contributed by atoms with Gasteiger partial charge in [-0.3, -0.25) is 0 Å². The monoisotopic (exact) mass is 372 g/mol. The quantitative estimate of drug-likeness (QED) is 0.548. The Kier molecular flexibility index (Phi) is 89.4. The molecule has 0 fully saturated rings. The van der Waals surface area contributed by atoms with Gasteiger partial charge in [-0.2, -0.15) is 0 Å². The normalized spacial score (nSPS) is 3.00. The van der Waals surface area contributed by atoms with Crippen molar-refractivity contribution >= 4 is 55.0 Å². The van der Waals surface area contributed by atoms with Gasteiger partial charge in [0, 0.05) is 49.8 Å². The predicted molar refractivity (Wildman–Crippen MR) is 22.2 cm³/mol. The van der Waals surface area contributed by atoms with Gasteiger partial charge in [-0.15, -0.1) is 0 Å². The van der Waals surface area contributed by atoms with Gasteiger partial charge in [0.15, 0.2) is 0 Å². The van der Waals surface area contributed by atoms with E-state index in [4.69, 9.17) is 15.0 Å². The minimum absolute atomic E-state index is 0. The number of carbonyl (C=O) groups is 1. The molecule has 0 saturated carbocycles. The van der Waals surface area contributed by atoms with Crippen molar-refractivity contribution in [2.75, 3.05) is 0 Å². The van der Waals surface area contributed by atoms with Crippen LogP contribution in [-0.4, -0.2) is 70.7 Å². The summed E-state index contributed by atoms with van der Waals surface area (Å²) >= 11 is 0. The first-order chi connectivity index (χ1) is 1.73. The molecule has 0 rings (SSSR count). The first kappa shape index (κ1) is 31.5. The summed E-state index contributed by atoms with van der Waals surface area (Å²) in [5.74, 6) is 0. The molecule has 0 aliphatic carbocycles. The number of hydrogen-bond donors (Lipinski definition) is 2. The van der Waals surface area contributed by atoms with Crippen LogP contribution < -0.4 is 0 Å². The minimum Gasteiger partial charge on any atom is -1.00 e. The molecule has 50 valence electrons. The molecule has 8 heavy (non-hydrogen) atoms. The van der Waals surface area contributed by atoms with Gasteiger partial charge in [0.05, 0.1) is 0 Å². The summed E-state index contributed by atoms with van der Waals surface area (Å²) in [5.41, 5.74) is 0. The van der Waals surface area contributed by atoms with E-state index in [1.807, 2.05) is 0 Å². The molecular formula is CH6BaCuO4Y. The fourth-order valence-electron chi connectivity index (χ4n) is 0. The van der Waals surface area contributed by atoms with Gasteiger partial charge in [0.25, 0.3) is 0 Å². The van der Waals surface area contributed by atoms with Crippen LogP contribution in [0.15, 0.2) is 0 Å². The summed E-state index contributed by atoms with van der Waals surface area (Å²) in [6.45, 7) is 0. The molecular weight excluding hydrogens is 366 g/mol. The second kappa shape index (κ2) is 22.7. The second-order valence-corrected chi connectivity index (χ2v) is 0.283. The molecule has 0 aromatic rings. The molecule has 0 saturated heterocycles. The van der Waals surface area contributed by atoms with Crippen molar-refractivity contribution in [2.45, 2.75) is 0 Å². The average molecular weight is 372 g/mol. The van der Waals surface area contributed by atoms with Crippen LogP contribution in [0.4, 0.5) is 4.79 Å². The van der Waals surface area contributed by atoms with Crippen LogP contribution in [0.5, 0.6) is 0 Å². The average Bonchev–Trinajstić information content (AvgIpc) is 0.811. The Hall–Kier alpha value is 2.42. The third-order valence-electron chi connectivity index (χ3n) is 0. The Balaban J connectivity index is -0.00000000300. The molecule has 0 bridgehead atoms. The third-order valence-corrected chi connectivity index (χ3v) is 0. The number of hydrogen-bond acceptors (Lipinski definition) is 1. The molecule has 0 aliphatic heterocycles. The molecule has 0 unspecified atom stereocenters. The standard InChI is InChI=1S/CH2O3.Ba.Cu.H2O.Y.2H/c2-1(3)4;;;;;;/h(H2,2,3,4);;;1H2;;;/q;+2;;;;2*-1. The molecule has 0 atom stereocenters. The Morgan fingerprint density at radius 2 is 1.38 bits per heavy atom. The zero-order valence-corrected chi connectivity index (χ0v) is 12.1. The van der Waals surface area contributed by atoms with Crippen LogP contribution in [0.1, 0.15) is 2.85 Å². The second-order valence-electron chi connectivity index (χ2n) is 0.283. The first-order valence-corrected chi connectivity index (χ1v) is 0.651. The van der Waals surface area contributed by atoms with Gasteiger partial charge in [-0.1, -0.05) is 0 Å². The van der Waals surface area contributed by atoms with E-state index in [1.54, 1.807) is 0 Å². The van der Waals surface area contributed by atoms with Crippen LogP contribution >= 0.6 is 0 Å². The number of carboxylic acid groups (broad SMARTS) is 2. The Morgan fingerprint density at radius 1 is 1.38 bits per heavy atom. The molecule has 0 aromatic carbocycles. The first-order valence-electron chi connectivity index (χ1n) is 0.651. The fourth-order valence-corrected chi connectivity index (χ4v) is 0. The topological polar surface area (TPSA) is 89.0 Å². The van der Waals surface area contributed by atoms with Crippen molar-refractivity contribution in [3.63, 3.8) is 0 Å². The maximum Gasteiger partial charge on any atom is 2.00 e. The summed E-state index contributed by atoms with van der Waals surface area (Å²) in [6.07, 6.45) is -1.83. The zero-order chi connectivity index (χ0) is 3.58. The third kappa shape index (κ3) is 79.0. The van der Waals surface area contributed by atoms with Crippen LogP contribution in [0.3, 0.4) is 0 Å². The Bertz CT molecular complexity index is 46.2. The van der Waals surface area contributed by atoms with Gasteiger partial charge in [0.2, 0.25) is 0 Å². The van der Waals surface area contributed by atoms with Crippen LogP contribution in [0, 0.1) is 0 Å². The summed E-state index contributed by atoms with van der Waals surface area (Å²) in [7, 11) is 0. The largest absolute Gasteiger partial charge is 2.00 e. The van der Waals surface area contributed by atoms with Crippen LogP contribution in [0.25, 0.3) is 0 Å². The maximum atomic E-state index is 8.56. The van der Waals surface area contributed by atoms with E-state index in [1.165, 1.54) is 0 Å². The van der Waals surface area contributed by atoms with Crippen molar-refractivity contribution in [1.29, 1.82) is 0 Å². The van der Waals surface area contributed by atoms with E-state index >= 15 is 0 Å². The van der Waals surface area contributed by atoms with E-state index in [9.17, 15) is 0 Å². The van der Waals surface area contributed by atoms with Crippen molar-refractivity contribution in [3.05, 3.63) is 0 Å². The SMILES string of the molecule is O.O=C(O)O.[Ba+2].[Cu].[H-].[H-].[Y]. The van der Waals surface area contributed by atoms with Gasteiger partial charge in [-0.05, 0) is 0 Å². The Morgan fingerprint density at radius 3 is 1.38 bits per heavy atom. The molecule has 0 aliphatic rings. The molecule has 7 heteroatoms. The van der Waals surface area contributed by atoms with Crippen LogP contribution in [-0.2, 0) is 49.8 Å². The van der Waals surface area contributed by atoms with Gasteiger partial charge < -0.3 is 18.5 Å². The van der Waals surface area contributed by atoms with Crippen molar-refractivity contribution in [3.8, 4) is 0 Å². The molecule has 2 radical (unpaired) electrons. The van der Waals surface area contributed by atoms with Gasteiger partial charge in [0.1, 0.15) is 0 Å². The summed E-state index contributed by atoms with van der Waals surface area (Å²) in [5, 5.41) is 13.9. The van der Waals surface area contributed by atoms with E-state index in [-0.39, 0.29) is 107 Å². The predicted octanol–water partition coefficient (Wildman–Crippen LogP) is -0.763. The minimum atomic E-state index is -1.83. The van der Waals surface area contributed by atoms with Crippen molar-refractivity contribution < 1.29 is 73.1 Å². The summed E-state index contributed by atoms with van der Waals surface area (Å²) in [6, 6.07) is 0. The van der Waals surface area contributed by atoms with E-state index in [2.05, 4.69) is 0 Å². The molecule has 0 spiro atoms. The Labute approximate surface area is 125 Å². The summed E-state index contributed by atoms with van der Waals surface area (Å²) in [4.78, 5) is 8.56. The zero-order valence-electron chi connectivity index (χ0n) is 5.89.